The predicted molar refractivity (Wildman–Crippen MR) is 223 cm³/mol. The van der Waals surface area contributed by atoms with Gasteiger partial charge in [0.2, 0.25) is 23.6 Å². The Morgan fingerprint density at radius 1 is 0.500 bits per heavy atom. The van der Waals surface area contributed by atoms with Crippen LogP contribution in [0.25, 0.3) is 0 Å². The summed E-state index contributed by atoms with van der Waals surface area (Å²) in [5.41, 5.74) is 0. The van der Waals surface area contributed by atoms with E-state index in [0.29, 0.717) is 19.3 Å². The maximum atomic E-state index is 13.4. The fourth-order valence-corrected chi connectivity index (χ4v) is 7.27. The highest BCUT2D eigenvalue weighted by Crippen LogP contribution is 2.24. The zero-order chi connectivity index (χ0) is 50.5. The zero-order valence-electron chi connectivity index (χ0n) is 37.4. The van der Waals surface area contributed by atoms with Gasteiger partial charge in [0, 0.05) is 45.4 Å². The maximum absolute atomic E-state index is 13.4. The molecule has 3 saturated heterocycles. The van der Waals surface area contributed by atoms with Gasteiger partial charge < -0.3 is 116 Å². The zero-order valence-corrected chi connectivity index (χ0v) is 37.4. The van der Waals surface area contributed by atoms with Gasteiger partial charge >= 0.3 is 5.97 Å². The molecule has 0 saturated carbocycles. The lowest BCUT2D eigenvalue weighted by Gasteiger charge is -2.40. The summed E-state index contributed by atoms with van der Waals surface area (Å²) >= 11 is 0. The maximum Gasteiger partial charge on any atom is 0.303 e. The summed E-state index contributed by atoms with van der Waals surface area (Å²) in [5.74, 6) is -3.52. The second kappa shape index (κ2) is 30.4. The number of nitrogens with zero attached hydrogens (tertiary/aromatic N) is 1. The van der Waals surface area contributed by atoms with Gasteiger partial charge in [-0.25, -0.2) is 0 Å². The molecule has 68 heavy (non-hydrogen) atoms. The molecule has 0 aliphatic carbocycles. The molecule has 0 radical (unpaired) electrons. The van der Waals surface area contributed by atoms with Crippen molar-refractivity contribution in [2.75, 3.05) is 65.8 Å². The minimum Gasteiger partial charge on any atom is -0.481 e. The number of aliphatic carboxylic acids is 1. The predicted octanol–water partition coefficient (Wildman–Crippen LogP) is -8.42. The second-order valence-corrected chi connectivity index (χ2v) is 16.5. The Balaban J connectivity index is 1.51. The van der Waals surface area contributed by atoms with Gasteiger partial charge in [0.1, 0.15) is 79.3 Å². The van der Waals surface area contributed by atoms with Crippen LogP contribution in [0.3, 0.4) is 0 Å². The van der Waals surface area contributed by atoms with E-state index in [-0.39, 0.29) is 78.1 Å². The summed E-state index contributed by atoms with van der Waals surface area (Å²) < 4.78 is 32.4. The smallest absolute Gasteiger partial charge is 0.303 e. The Labute approximate surface area is 390 Å². The quantitative estimate of drug-likeness (QED) is 0.0297. The van der Waals surface area contributed by atoms with Gasteiger partial charge in [-0.15, -0.1) is 0 Å². The number of aliphatic hydroxyl groups is 12. The van der Waals surface area contributed by atoms with Crippen molar-refractivity contribution in [1.82, 2.24) is 20.9 Å². The van der Waals surface area contributed by atoms with Gasteiger partial charge in [0.25, 0.3) is 0 Å². The lowest BCUT2D eigenvalue weighted by atomic mass is 9.99. The molecule has 28 heteroatoms. The first-order valence-corrected chi connectivity index (χ1v) is 22.4. The fraction of sp³-hybridized carbons (Fsp3) is 0.875. The minimum absolute atomic E-state index is 0.0329. The van der Waals surface area contributed by atoms with Crippen LogP contribution in [0.2, 0.25) is 0 Å². The van der Waals surface area contributed by atoms with Crippen molar-refractivity contribution < 1.29 is 119 Å². The highest BCUT2D eigenvalue weighted by Gasteiger charge is 2.46. The molecule has 0 aromatic carbocycles. The van der Waals surface area contributed by atoms with Crippen molar-refractivity contribution in [2.45, 2.75) is 156 Å². The van der Waals surface area contributed by atoms with E-state index in [9.17, 15) is 85.3 Å². The van der Waals surface area contributed by atoms with Crippen molar-refractivity contribution in [1.29, 1.82) is 0 Å². The number of hydrogen-bond donors (Lipinski definition) is 16. The van der Waals surface area contributed by atoms with Gasteiger partial charge in [-0.3, -0.25) is 24.0 Å². The van der Waals surface area contributed by atoms with Crippen LogP contribution < -0.4 is 16.0 Å². The third-order valence-corrected chi connectivity index (χ3v) is 11.3. The number of aliphatic hydroxyl groups excluding tert-OH is 12. The normalized spacial score (nSPS) is 32.2. The number of carboxylic acid groups (broad SMARTS) is 1. The van der Waals surface area contributed by atoms with Crippen LogP contribution in [0.4, 0.5) is 0 Å². The van der Waals surface area contributed by atoms with Crippen LogP contribution in [0, 0.1) is 0 Å². The molecule has 0 aromatic heterocycles. The molecule has 0 spiro atoms. The van der Waals surface area contributed by atoms with Crippen LogP contribution in [0.1, 0.15) is 57.8 Å². The lowest BCUT2D eigenvalue weighted by Crippen LogP contribution is -2.59. The van der Waals surface area contributed by atoms with Gasteiger partial charge in [0.15, 0.2) is 18.9 Å². The standard InChI is InChI=1S/C40H70N4O24/c45-17-21-28(53)31(56)34(59)38(66-21)63-13-10-42-37(62)20(43-24(48)6-3-4-8-27(51)52)16-25(49)41-9-5-1-2-7-26(50)44(11-14-64-39-35(60)32(57)29(54)22(18-46)67-39)12-15-65-40-36(61)33(58)30(55)23(19-47)68-40/h20-23,28-36,38-40,45-47,53-61H,1-19H2,(H,41,49)(H,42,62)(H,43,48)(H,51,52)/t20?,21-,22-,23-,28-,29-,30-,31+,32+,33+,34+,35+,36+,38+,39+,40+/m1/s1. The molecule has 3 heterocycles. The monoisotopic (exact) mass is 990 g/mol. The van der Waals surface area contributed by atoms with E-state index in [0.717, 1.165) is 0 Å². The molecule has 4 amide bonds. The van der Waals surface area contributed by atoms with Gasteiger partial charge in [-0.1, -0.05) is 6.42 Å². The molecule has 1 unspecified atom stereocenters. The molecular formula is C40H70N4O24. The van der Waals surface area contributed by atoms with Crippen molar-refractivity contribution >= 4 is 29.6 Å². The first-order valence-electron chi connectivity index (χ1n) is 22.4. The molecule has 3 rings (SSSR count). The number of ether oxygens (including phenoxy) is 6. The Morgan fingerprint density at radius 2 is 0.941 bits per heavy atom. The fourth-order valence-electron chi connectivity index (χ4n) is 7.27. The van der Waals surface area contributed by atoms with Crippen LogP contribution in [0.15, 0.2) is 0 Å². The van der Waals surface area contributed by atoms with Crippen LogP contribution in [0.5, 0.6) is 0 Å². The van der Waals surface area contributed by atoms with E-state index in [1.54, 1.807) is 0 Å². The summed E-state index contributed by atoms with van der Waals surface area (Å²) in [6.07, 6.45) is -22.5. The number of nitrogens with one attached hydrogen (secondary N) is 3. The second-order valence-electron chi connectivity index (χ2n) is 16.5. The first-order chi connectivity index (χ1) is 32.3. The Hall–Kier alpha value is -3.37. The number of carboxylic acids is 1. The van der Waals surface area contributed by atoms with E-state index in [1.165, 1.54) is 4.90 Å². The van der Waals surface area contributed by atoms with Crippen molar-refractivity contribution in [3.05, 3.63) is 0 Å². The van der Waals surface area contributed by atoms with Crippen LogP contribution in [-0.2, 0) is 52.4 Å². The molecule has 0 bridgehead atoms. The van der Waals surface area contributed by atoms with E-state index < -0.39 is 154 Å². The molecule has 0 aromatic rings. The topological polar surface area (TPSA) is 443 Å². The van der Waals surface area contributed by atoms with Crippen LogP contribution >= 0.6 is 0 Å². The molecule has 16 atom stereocenters. The lowest BCUT2D eigenvalue weighted by molar-refractivity contribution is -0.303. The Kier molecular flexibility index (Phi) is 26.3. The summed E-state index contributed by atoms with van der Waals surface area (Å²) in [4.78, 5) is 64.3. The van der Waals surface area contributed by atoms with Gasteiger partial charge in [0.05, 0.1) is 46.1 Å². The number of hydrogen-bond acceptors (Lipinski definition) is 23. The Morgan fingerprint density at radius 3 is 1.40 bits per heavy atom. The average Bonchev–Trinajstić information content (AvgIpc) is 3.31. The average molecular weight is 991 g/mol. The van der Waals surface area contributed by atoms with E-state index in [4.69, 9.17) is 33.5 Å². The highest BCUT2D eigenvalue weighted by atomic mass is 16.7. The van der Waals surface area contributed by atoms with Crippen molar-refractivity contribution in [3.63, 3.8) is 0 Å². The molecular weight excluding hydrogens is 920 g/mol. The summed E-state index contributed by atoms with van der Waals surface area (Å²) in [5, 5.41) is 136. The Bertz CT molecular complexity index is 1490. The molecule has 394 valence electrons. The summed E-state index contributed by atoms with van der Waals surface area (Å²) in [7, 11) is 0. The molecule has 3 fully saturated rings. The summed E-state index contributed by atoms with van der Waals surface area (Å²) in [6, 6.07) is -1.38. The summed E-state index contributed by atoms with van der Waals surface area (Å²) in [6.45, 7) is -3.34. The molecule has 3 aliphatic heterocycles. The SMILES string of the molecule is O=C(O)CCCCC(=O)NC(CC(=O)NCCCCCC(=O)N(CCO[C@H]1O[C@H](CO)[C@@H](O)[C@H](O)[C@@H]1O)CCO[C@H]1O[C@H](CO)[C@@H](O)[C@H](O)[C@@H]1O)C(=O)NCCO[C@H]1O[C@H](CO)[C@@H](O)[C@H](O)[C@@H]1O. The van der Waals surface area contributed by atoms with Gasteiger partial charge in [-0.05, 0) is 25.7 Å². The number of carbonyl (C=O) groups excluding carboxylic acids is 4. The minimum atomic E-state index is -1.70. The number of carbonyl (C=O) groups is 5. The van der Waals surface area contributed by atoms with Gasteiger partial charge in [-0.2, -0.15) is 0 Å². The largest absolute Gasteiger partial charge is 0.481 e. The molecule has 28 nitrogen and oxygen atoms in total. The number of unbranched alkanes of at least 4 members (excludes halogenated alkanes) is 3. The van der Waals surface area contributed by atoms with E-state index in [1.807, 2.05) is 0 Å². The van der Waals surface area contributed by atoms with Crippen LogP contribution in [-0.4, -0.2) is 265 Å². The van der Waals surface area contributed by atoms with E-state index in [2.05, 4.69) is 16.0 Å². The van der Waals surface area contributed by atoms with Crippen molar-refractivity contribution in [2.24, 2.45) is 0 Å². The molecule has 3 aliphatic rings. The first kappa shape index (κ1) is 58.9. The molecule has 16 N–H and O–H groups in total. The highest BCUT2D eigenvalue weighted by molar-refractivity contribution is 5.92. The van der Waals surface area contributed by atoms with Crippen molar-refractivity contribution in [3.8, 4) is 0 Å². The third-order valence-electron chi connectivity index (χ3n) is 11.3. The number of amides is 4. The van der Waals surface area contributed by atoms with E-state index >= 15 is 0 Å². The third kappa shape index (κ3) is 18.4. The number of rotatable bonds is 30.